The number of thiol groups is 2. The Hall–Kier alpha value is -5.70. The van der Waals surface area contributed by atoms with Gasteiger partial charge in [0, 0.05) is 24.3 Å². The number of nitrogens with two attached hydrogens (primary N) is 1. The van der Waals surface area contributed by atoms with Crippen molar-refractivity contribution >= 4 is 96.4 Å². The van der Waals surface area contributed by atoms with Crippen molar-refractivity contribution in [3.8, 4) is 0 Å². The van der Waals surface area contributed by atoms with E-state index in [1.165, 1.54) is 13.8 Å². The van der Waals surface area contributed by atoms with E-state index in [4.69, 9.17) is 10.8 Å². The number of hydrogen-bond acceptors (Lipinski definition) is 15. The molecule has 0 radical (unpaired) electrons. The Kier molecular flexibility index (Phi) is 24.5. The van der Waals surface area contributed by atoms with Gasteiger partial charge in [0.25, 0.3) is 0 Å². The molecule has 8 amide bonds. The van der Waals surface area contributed by atoms with E-state index in [9.17, 15) is 72.9 Å². The number of rotatable bonds is 28. The fraction of sp³-hybridized carbons (Fsp3) is 0.625. The van der Waals surface area contributed by atoms with Crippen molar-refractivity contribution < 1.29 is 78.0 Å². The van der Waals surface area contributed by atoms with Crippen LogP contribution >= 0.6 is 25.3 Å². The van der Waals surface area contributed by atoms with Crippen molar-refractivity contribution in [2.75, 3.05) is 24.6 Å². The van der Waals surface area contributed by atoms with Gasteiger partial charge in [-0.3, -0.25) is 52.7 Å². The molecule has 0 saturated carbocycles. The van der Waals surface area contributed by atoms with Gasteiger partial charge in [0.15, 0.2) is 0 Å². The smallest absolute Gasteiger partial charge is 0.327 e. The molecule has 0 aliphatic heterocycles. The van der Waals surface area contributed by atoms with E-state index in [1.54, 1.807) is 0 Å². The number of carbonyl (C=O) groups is 12. The van der Waals surface area contributed by atoms with Crippen molar-refractivity contribution in [2.24, 2.45) is 11.7 Å². The number of carboxylic acids is 4. The van der Waals surface area contributed by atoms with Crippen LogP contribution in [0.5, 0.6) is 0 Å². The zero-order chi connectivity index (χ0) is 45.6. The standard InChI is InChI=1S/C32H51N9O16S2/c1-13(2)25(31(55)40-19(12-59)32(56)57)41-30(54)18(8-24(48)49)39-26(50)14(3)36-29(53)17(5-7-23(46)47)38-21(43)10-35-28(52)16(4-6-22(44)45)37-20(42)9-34-27(51)15(33)11-58/h13-19,25,58-59H,4-12,33H2,1-3H3,(H,34,51)(H,35,52)(H,36,53)(H,37,42)(H,38,43)(H,39,50)(H,40,55)(H,41,54)(H,44,45)(H,46,47)(H,48,49)(H,56,57)/t14-,15-,16-,17-,18-,19-,25-/m0/s1. The lowest BCUT2D eigenvalue weighted by Crippen LogP contribution is -2.59. The third-order valence-corrected chi connectivity index (χ3v) is 8.54. The van der Waals surface area contributed by atoms with E-state index in [1.807, 2.05) is 0 Å². The highest BCUT2D eigenvalue weighted by Crippen LogP contribution is 2.06. The van der Waals surface area contributed by atoms with E-state index in [2.05, 4.69) is 67.8 Å². The van der Waals surface area contributed by atoms with Gasteiger partial charge in [-0.25, -0.2) is 4.79 Å². The maximum atomic E-state index is 13.2. The molecular weight excluding hydrogens is 831 g/mol. The highest BCUT2D eigenvalue weighted by Gasteiger charge is 2.34. The van der Waals surface area contributed by atoms with E-state index in [0.29, 0.717) is 0 Å². The molecular formula is C32H51N9O16S2. The van der Waals surface area contributed by atoms with E-state index in [-0.39, 0.29) is 11.5 Å². The molecule has 0 heterocycles. The second-order valence-electron chi connectivity index (χ2n) is 13.0. The normalized spacial score (nSPS) is 14.3. The molecule has 0 unspecified atom stereocenters. The Morgan fingerprint density at radius 2 is 0.966 bits per heavy atom. The van der Waals surface area contributed by atoms with E-state index < -0.39 is 165 Å². The molecule has 0 aromatic heterocycles. The Labute approximate surface area is 347 Å². The molecule has 14 N–H and O–H groups in total. The first-order chi connectivity index (χ1) is 27.4. The lowest BCUT2D eigenvalue weighted by atomic mass is 10.0. The summed E-state index contributed by atoms with van der Waals surface area (Å²) in [7, 11) is 0. The minimum atomic E-state index is -1.83. The van der Waals surface area contributed by atoms with E-state index >= 15 is 0 Å². The highest BCUT2D eigenvalue weighted by atomic mass is 32.1. The molecule has 0 aromatic rings. The van der Waals surface area contributed by atoms with Gasteiger partial charge >= 0.3 is 23.9 Å². The van der Waals surface area contributed by atoms with E-state index in [0.717, 1.165) is 6.92 Å². The fourth-order valence-electron chi connectivity index (χ4n) is 4.53. The van der Waals surface area contributed by atoms with Crippen LogP contribution in [0, 0.1) is 5.92 Å². The number of hydrogen-bond donors (Lipinski definition) is 15. The van der Waals surface area contributed by atoms with Crippen LogP contribution in [0.25, 0.3) is 0 Å². The van der Waals surface area contributed by atoms with Crippen LogP contribution in [0.2, 0.25) is 0 Å². The average molecular weight is 882 g/mol. The van der Waals surface area contributed by atoms with Crippen LogP contribution < -0.4 is 48.3 Å². The maximum Gasteiger partial charge on any atom is 0.327 e. The summed E-state index contributed by atoms with van der Waals surface area (Å²) in [5, 5.41) is 54.3. The zero-order valence-corrected chi connectivity index (χ0v) is 33.9. The Bertz CT molecular complexity index is 1580. The number of nitrogens with one attached hydrogen (secondary N) is 8. The van der Waals surface area contributed by atoms with Gasteiger partial charge < -0.3 is 68.7 Å². The number of carboxylic acid groups (broad SMARTS) is 4. The number of amides is 8. The van der Waals surface area contributed by atoms with Gasteiger partial charge in [-0.1, -0.05) is 13.8 Å². The summed E-state index contributed by atoms with van der Waals surface area (Å²) in [6.45, 7) is 2.55. The minimum absolute atomic E-state index is 0.0391. The summed E-state index contributed by atoms with van der Waals surface area (Å²) in [4.78, 5) is 147. The maximum absolute atomic E-state index is 13.2. The lowest BCUT2D eigenvalue weighted by molar-refractivity contribution is -0.143. The molecule has 0 aliphatic carbocycles. The highest BCUT2D eigenvalue weighted by molar-refractivity contribution is 7.80. The third kappa shape index (κ3) is 21.6. The Balaban J connectivity index is 5.77. The predicted molar refractivity (Wildman–Crippen MR) is 207 cm³/mol. The van der Waals surface area contributed by atoms with Crippen LogP contribution in [0.4, 0.5) is 0 Å². The summed E-state index contributed by atoms with van der Waals surface area (Å²) >= 11 is 7.71. The van der Waals surface area contributed by atoms with Gasteiger partial charge in [0.05, 0.1) is 25.6 Å². The molecule has 0 aromatic carbocycles. The van der Waals surface area contributed by atoms with Gasteiger partial charge in [-0.15, -0.1) is 0 Å². The second-order valence-corrected chi connectivity index (χ2v) is 13.8. The molecule has 0 spiro atoms. The fourth-order valence-corrected chi connectivity index (χ4v) is 4.95. The summed E-state index contributed by atoms with van der Waals surface area (Å²) in [6.07, 6.45) is -3.29. The Morgan fingerprint density at radius 1 is 0.508 bits per heavy atom. The minimum Gasteiger partial charge on any atom is -0.481 e. The predicted octanol–water partition coefficient (Wildman–Crippen LogP) is -5.72. The van der Waals surface area contributed by atoms with Crippen molar-refractivity contribution in [3.63, 3.8) is 0 Å². The number of carbonyl (C=O) groups excluding carboxylic acids is 8. The molecule has 332 valence electrons. The first kappa shape index (κ1) is 53.3. The Morgan fingerprint density at radius 3 is 1.39 bits per heavy atom. The summed E-state index contributed by atoms with van der Waals surface area (Å²) in [5.74, 6) is -14.9. The largest absolute Gasteiger partial charge is 0.481 e. The first-order valence-electron chi connectivity index (χ1n) is 17.6. The van der Waals surface area contributed by atoms with Gasteiger partial charge in [0.1, 0.15) is 36.3 Å². The second kappa shape index (κ2) is 27.1. The molecule has 0 bridgehead atoms. The quantitative estimate of drug-likeness (QED) is 0.0326. The molecule has 7 atom stereocenters. The van der Waals surface area contributed by atoms with Crippen molar-refractivity contribution in [3.05, 3.63) is 0 Å². The molecule has 0 aliphatic rings. The molecule has 27 heteroatoms. The topological polar surface area (TPSA) is 408 Å². The summed E-state index contributed by atoms with van der Waals surface area (Å²) < 4.78 is 0. The molecule has 0 rings (SSSR count). The van der Waals surface area contributed by atoms with Gasteiger partial charge in [0.2, 0.25) is 47.3 Å². The molecule has 0 saturated heterocycles. The van der Waals surface area contributed by atoms with Gasteiger partial charge in [-0.05, 0) is 25.7 Å². The zero-order valence-electron chi connectivity index (χ0n) is 32.1. The number of aliphatic carboxylic acids is 4. The molecule has 0 fully saturated rings. The van der Waals surface area contributed by atoms with Crippen LogP contribution in [-0.4, -0.2) is 158 Å². The average Bonchev–Trinajstić information content (AvgIpc) is 3.15. The van der Waals surface area contributed by atoms with Crippen LogP contribution in [-0.2, 0) is 57.5 Å². The first-order valence-corrected chi connectivity index (χ1v) is 18.9. The lowest BCUT2D eigenvalue weighted by Gasteiger charge is -2.26. The van der Waals surface area contributed by atoms with Gasteiger partial charge in [-0.2, -0.15) is 25.3 Å². The van der Waals surface area contributed by atoms with Crippen molar-refractivity contribution in [1.82, 2.24) is 42.5 Å². The van der Waals surface area contributed by atoms with Crippen LogP contribution in [0.3, 0.4) is 0 Å². The molecule has 59 heavy (non-hydrogen) atoms. The summed E-state index contributed by atoms with van der Waals surface area (Å²) in [5.41, 5.74) is 5.50. The van der Waals surface area contributed by atoms with Crippen molar-refractivity contribution in [2.45, 2.75) is 95.2 Å². The van der Waals surface area contributed by atoms with Crippen LogP contribution in [0.15, 0.2) is 0 Å². The van der Waals surface area contributed by atoms with Crippen molar-refractivity contribution in [1.29, 1.82) is 0 Å². The monoisotopic (exact) mass is 881 g/mol. The van der Waals surface area contributed by atoms with Crippen LogP contribution in [0.1, 0.15) is 52.9 Å². The SMILES string of the molecule is CC(C)[C@H](NC(=O)[C@H](CC(=O)O)NC(=O)[C@H](C)NC(=O)[C@H](CCC(=O)O)NC(=O)CNC(=O)[C@H](CCC(=O)O)NC(=O)CNC(=O)[C@@H](N)CS)C(=O)N[C@@H](CS)C(=O)O. The third-order valence-electron chi connectivity index (χ3n) is 7.78. The molecule has 25 nitrogen and oxygen atoms in total. The summed E-state index contributed by atoms with van der Waals surface area (Å²) in [6, 6.07) is -10.4.